The predicted octanol–water partition coefficient (Wildman–Crippen LogP) is 1.53. The van der Waals surface area contributed by atoms with Gasteiger partial charge >= 0.3 is 0 Å². The van der Waals surface area contributed by atoms with Gasteiger partial charge in [0.15, 0.2) is 0 Å². The Hall–Kier alpha value is -1.17. The molecule has 1 aromatic carbocycles. The van der Waals surface area contributed by atoms with Crippen LogP contribution >= 0.6 is 0 Å². The molecular weight excluding hydrogens is 238 g/mol. The minimum atomic E-state index is -3.48. The first kappa shape index (κ1) is 12.3. The van der Waals surface area contributed by atoms with Gasteiger partial charge in [-0.2, -0.15) is 4.31 Å². The Kier molecular flexibility index (Phi) is 3.33. The topological polar surface area (TPSA) is 46.6 Å². The largest absolute Gasteiger partial charge is 0.363 e. The lowest BCUT2D eigenvalue weighted by molar-refractivity contribution is 0.172. The summed E-state index contributed by atoms with van der Waals surface area (Å²) in [7, 11) is -3.48. The summed E-state index contributed by atoms with van der Waals surface area (Å²) in [6, 6.07) is 6.52. The molecule has 1 atom stereocenters. The number of hydrogen-bond donors (Lipinski definition) is 0. The third-order valence-electron chi connectivity index (χ3n) is 2.78. The van der Waals surface area contributed by atoms with Crippen LogP contribution in [0.2, 0.25) is 0 Å². The molecule has 0 unspecified atom stereocenters. The molecule has 0 aliphatic carbocycles. The zero-order valence-corrected chi connectivity index (χ0v) is 10.5. The Morgan fingerprint density at radius 1 is 1.41 bits per heavy atom. The molecule has 0 saturated carbocycles. The van der Waals surface area contributed by atoms with Crippen LogP contribution in [-0.4, -0.2) is 32.1 Å². The summed E-state index contributed by atoms with van der Waals surface area (Å²) in [6.07, 6.45) is 1.60. The van der Waals surface area contributed by atoms with Crippen LogP contribution in [-0.2, 0) is 14.8 Å². The van der Waals surface area contributed by atoms with E-state index in [0.717, 1.165) is 5.56 Å². The van der Waals surface area contributed by atoms with E-state index in [4.69, 9.17) is 4.74 Å². The molecule has 1 aromatic rings. The van der Waals surface area contributed by atoms with Crippen molar-refractivity contribution in [1.29, 1.82) is 0 Å². The molecule has 0 N–H and O–H groups in total. The highest BCUT2D eigenvalue weighted by Gasteiger charge is 2.34. The van der Waals surface area contributed by atoms with Gasteiger partial charge in [0.2, 0.25) is 10.0 Å². The molecule has 0 aromatic heterocycles. The monoisotopic (exact) mass is 253 g/mol. The number of benzene rings is 1. The maximum atomic E-state index is 12.3. The summed E-state index contributed by atoms with van der Waals surface area (Å²) >= 11 is 0. The fourth-order valence-corrected chi connectivity index (χ4v) is 3.19. The fourth-order valence-electron chi connectivity index (χ4n) is 1.72. The minimum absolute atomic E-state index is 0.0902. The number of hydrogen-bond acceptors (Lipinski definition) is 3. The standard InChI is InChI=1S/C12H15NO3S/c1-3-11-8-16-9-13(11)17(14,15)12-6-4-10(2)5-7-12/h3-7,11H,1,8-9H2,2H3/t11-/m0/s1. The van der Waals surface area contributed by atoms with E-state index in [9.17, 15) is 8.42 Å². The average molecular weight is 253 g/mol. The van der Waals surface area contributed by atoms with Crippen LogP contribution in [0.4, 0.5) is 0 Å². The molecular formula is C12H15NO3S. The normalized spacial score (nSPS) is 21.6. The molecule has 1 aliphatic rings. The zero-order valence-electron chi connectivity index (χ0n) is 9.67. The van der Waals surface area contributed by atoms with Crippen molar-refractivity contribution in [2.45, 2.75) is 17.9 Å². The predicted molar refractivity (Wildman–Crippen MR) is 65.0 cm³/mol. The highest BCUT2D eigenvalue weighted by atomic mass is 32.2. The van der Waals surface area contributed by atoms with Gasteiger partial charge in [0.25, 0.3) is 0 Å². The lowest BCUT2D eigenvalue weighted by Crippen LogP contribution is -2.35. The van der Waals surface area contributed by atoms with Crippen molar-refractivity contribution < 1.29 is 13.2 Å². The summed E-state index contributed by atoms with van der Waals surface area (Å²) in [4.78, 5) is 0.292. The van der Waals surface area contributed by atoms with E-state index in [-0.39, 0.29) is 12.8 Å². The van der Waals surface area contributed by atoms with Gasteiger partial charge in [0.05, 0.1) is 17.5 Å². The molecule has 0 radical (unpaired) electrons. The van der Waals surface area contributed by atoms with E-state index in [2.05, 4.69) is 6.58 Å². The smallest absolute Gasteiger partial charge is 0.245 e. The fraction of sp³-hybridized carbons (Fsp3) is 0.333. The van der Waals surface area contributed by atoms with E-state index in [1.807, 2.05) is 6.92 Å². The SMILES string of the molecule is C=C[C@H]1COCN1S(=O)(=O)c1ccc(C)cc1. The lowest BCUT2D eigenvalue weighted by Gasteiger charge is -2.19. The van der Waals surface area contributed by atoms with Crippen LogP contribution in [0.15, 0.2) is 41.8 Å². The van der Waals surface area contributed by atoms with Crippen molar-refractivity contribution in [3.63, 3.8) is 0 Å². The maximum absolute atomic E-state index is 12.3. The summed E-state index contributed by atoms with van der Waals surface area (Å²) in [5, 5.41) is 0. The molecule has 4 nitrogen and oxygen atoms in total. The van der Waals surface area contributed by atoms with Gasteiger partial charge in [-0.25, -0.2) is 8.42 Å². The molecule has 17 heavy (non-hydrogen) atoms. The summed E-state index contributed by atoms with van der Waals surface area (Å²) in [6.45, 7) is 6.01. The van der Waals surface area contributed by atoms with Gasteiger partial charge in [-0.1, -0.05) is 23.8 Å². The van der Waals surface area contributed by atoms with Crippen LogP contribution in [0.5, 0.6) is 0 Å². The van der Waals surface area contributed by atoms with Crippen molar-refractivity contribution in [1.82, 2.24) is 4.31 Å². The van der Waals surface area contributed by atoms with Gasteiger partial charge in [0, 0.05) is 0 Å². The van der Waals surface area contributed by atoms with E-state index in [0.29, 0.717) is 11.5 Å². The quantitative estimate of drug-likeness (QED) is 0.767. The Morgan fingerprint density at radius 2 is 2.06 bits per heavy atom. The number of sulfonamides is 1. The second kappa shape index (κ2) is 4.60. The van der Waals surface area contributed by atoms with Crippen molar-refractivity contribution >= 4 is 10.0 Å². The molecule has 0 amide bonds. The Balaban J connectivity index is 2.36. The molecule has 1 fully saturated rings. The van der Waals surface area contributed by atoms with Crippen LogP contribution in [0.3, 0.4) is 0 Å². The van der Waals surface area contributed by atoms with Crippen LogP contribution in [0, 0.1) is 6.92 Å². The first-order valence-electron chi connectivity index (χ1n) is 5.34. The molecule has 0 spiro atoms. The van der Waals surface area contributed by atoms with Gasteiger partial charge in [0.1, 0.15) is 6.73 Å². The number of rotatable bonds is 3. The van der Waals surface area contributed by atoms with E-state index >= 15 is 0 Å². The molecule has 1 heterocycles. The van der Waals surface area contributed by atoms with Crippen molar-refractivity contribution in [2.75, 3.05) is 13.3 Å². The van der Waals surface area contributed by atoms with Gasteiger partial charge in [-0.3, -0.25) is 0 Å². The Labute approximate surface area is 102 Å². The van der Waals surface area contributed by atoms with Crippen LogP contribution in [0.1, 0.15) is 5.56 Å². The van der Waals surface area contributed by atoms with Gasteiger partial charge in [-0.15, -0.1) is 6.58 Å². The van der Waals surface area contributed by atoms with Gasteiger partial charge < -0.3 is 4.74 Å². The van der Waals surface area contributed by atoms with Crippen LogP contribution in [0.25, 0.3) is 0 Å². The lowest BCUT2D eigenvalue weighted by atomic mass is 10.2. The third-order valence-corrected chi connectivity index (χ3v) is 4.64. The first-order valence-corrected chi connectivity index (χ1v) is 6.78. The Morgan fingerprint density at radius 3 is 2.65 bits per heavy atom. The zero-order chi connectivity index (χ0) is 12.5. The molecule has 2 rings (SSSR count). The van der Waals surface area contributed by atoms with E-state index in [1.54, 1.807) is 30.3 Å². The first-order chi connectivity index (χ1) is 8.05. The molecule has 0 bridgehead atoms. The van der Waals surface area contributed by atoms with Crippen molar-refractivity contribution in [3.05, 3.63) is 42.5 Å². The van der Waals surface area contributed by atoms with E-state index < -0.39 is 10.0 Å². The molecule has 1 aliphatic heterocycles. The average Bonchev–Trinajstić information content (AvgIpc) is 2.78. The highest BCUT2D eigenvalue weighted by molar-refractivity contribution is 7.89. The molecule has 1 saturated heterocycles. The third kappa shape index (κ3) is 2.26. The van der Waals surface area contributed by atoms with E-state index in [1.165, 1.54) is 4.31 Å². The van der Waals surface area contributed by atoms with Gasteiger partial charge in [-0.05, 0) is 19.1 Å². The summed E-state index contributed by atoms with van der Waals surface area (Å²) < 4.78 is 31.1. The summed E-state index contributed by atoms with van der Waals surface area (Å²) in [5.41, 5.74) is 1.03. The van der Waals surface area contributed by atoms with Crippen LogP contribution < -0.4 is 0 Å². The Bertz CT molecular complexity index is 507. The minimum Gasteiger partial charge on any atom is -0.363 e. The maximum Gasteiger partial charge on any atom is 0.245 e. The highest BCUT2D eigenvalue weighted by Crippen LogP contribution is 2.22. The number of aryl methyl sites for hydroxylation is 1. The molecule has 92 valence electrons. The number of ether oxygens (including phenoxy) is 1. The molecule has 5 heteroatoms. The number of nitrogens with zero attached hydrogens (tertiary/aromatic N) is 1. The second-order valence-corrected chi connectivity index (χ2v) is 5.90. The summed E-state index contributed by atoms with van der Waals surface area (Å²) in [5.74, 6) is 0. The van der Waals surface area contributed by atoms with Crippen molar-refractivity contribution in [3.8, 4) is 0 Å². The van der Waals surface area contributed by atoms with Crippen molar-refractivity contribution in [2.24, 2.45) is 0 Å². The second-order valence-electron chi connectivity index (χ2n) is 4.01.